The summed E-state index contributed by atoms with van der Waals surface area (Å²) in [6.45, 7) is 2.86. The minimum Gasteiger partial charge on any atom is -0.393 e. The van der Waals surface area contributed by atoms with Gasteiger partial charge in [0, 0.05) is 34.7 Å². The molecule has 4 aliphatic carbocycles. The van der Waals surface area contributed by atoms with Gasteiger partial charge < -0.3 is 29.4 Å². The van der Waals surface area contributed by atoms with Crippen molar-refractivity contribution in [2.24, 2.45) is 28.6 Å². The summed E-state index contributed by atoms with van der Waals surface area (Å²) in [6.07, 6.45) is 2.33. The number of ketones is 2. The lowest BCUT2D eigenvalue weighted by atomic mass is 9.46. The van der Waals surface area contributed by atoms with Crippen LogP contribution in [0.15, 0.2) is 66.5 Å². The zero-order valence-corrected chi connectivity index (χ0v) is 25.6. The number of carbonyl (C=O) groups excluding carboxylic acids is 2. The van der Waals surface area contributed by atoms with E-state index in [2.05, 4.69) is 6.92 Å². The molecule has 0 spiro atoms. The number of carbonyl (C=O) groups is 2. The van der Waals surface area contributed by atoms with Crippen molar-refractivity contribution in [1.82, 2.24) is 4.57 Å². The molecule has 1 saturated heterocycles. The molecule has 246 valence electrons. The summed E-state index contributed by atoms with van der Waals surface area (Å²) >= 11 is 0. The first-order valence-corrected chi connectivity index (χ1v) is 15.8. The van der Waals surface area contributed by atoms with Crippen LogP contribution < -0.4 is 0 Å². The SMILES string of the molecule is C[C@]12C=CC(=O)C=C1CC[C@@H]1[C@@H]2[C@@H](O)C[C@@]2(C)[C@H]1C[C@H]1O[C@@H](c3ccn([C@@H](c4ccc(CO)cc4)C(F)(F)F)c3)O[C@]12C(=O)CO. The first kappa shape index (κ1) is 31.5. The number of rotatable bonds is 6. The number of fused-ring (bicyclic) bond motifs is 7. The number of ether oxygens (including phenoxy) is 2. The predicted molar refractivity (Wildman–Crippen MR) is 158 cm³/mol. The molecule has 7 rings (SSSR count). The van der Waals surface area contributed by atoms with E-state index in [0.29, 0.717) is 30.4 Å². The second-order valence-corrected chi connectivity index (χ2v) is 14.1. The van der Waals surface area contributed by atoms with Gasteiger partial charge in [0.25, 0.3) is 0 Å². The second-order valence-electron chi connectivity index (χ2n) is 14.1. The number of nitrogens with zero attached hydrogens (tertiary/aromatic N) is 1. The van der Waals surface area contributed by atoms with Crippen molar-refractivity contribution in [2.75, 3.05) is 6.61 Å². The van der Waals surface area contributed by atoms with Gasteiger partial charge in [-0.05, 0) is 66.9 Å². The van der Waals surface area contributed by atoms with Crippen LogP contribution in [0.3, 0.4) is 0 Å². The molecular formula is C35H38F3NO7. The predicted octanol–water partition coefficient (Wildman–Crippen LogP) is 4.73. The van der Waals surface area contributed by atoms with Crippen LogP contribution in [0.2, 0.25) is 0 Å². The first-order chi connectivity index (χ1) is 21.8. The second kappa shape index (κ2) is 10.7. The van der Waals surface area contributed by atoms with E-state index >= 15 is 0 Å². The average molecular weight is 642 g/mol. The van der Waals surface area contributed by atoms with E-state index in [1.165, 1.54) is 42.7 Å². The molecular weight excluding hydrogens is 603 g/mol. The molecule has 1 aromatic carbocycles. The Morgan fingerprint density at radius 3 is 2.57 bits per heavy atom. The zero-order valence-electron chi connectivity index (χ0n) is 25.6. The number of hydrogen-bond acceptors (Lipinski definition) is 7. The van der Waals surface area contributed by atoms with Crippen LogP contribution in [-0.2, 0) is 25.7 Å². The molecule has 10 atom stereocenters. The Balaban J connectivity index is 1.21. The third-order valence-electron chi connectivity index (χ3n) is 11.9. The number of aliphatic hydroxyl groups excluding tert-OH is 3. The molecule has 46 heavy (non-hydrogen) atoms. The third-order valence-corrected chi connectivity index (χ3v) is 11.9. The van der Waals surface area contributed by atoms with Crippen molar-refractivity contribution < 1.29 is 47.6 Å². The summed E-state index contributed by atoms with van der Waals surface area (Å²) in [4.78, 5) is 25.9. The molecule has 4 fully saturated rings. The van der Waals surface area contributed by atoms with E-state index in [4.69, 9.17) is 9.47 Å². The van der Waals surface area contributed by atoms with Crippen LogP contribution in [0.4, 0.5) is 13.2 Å². The molecule has 5 aliphatic rings. The van der Waals surface area contributed by atoms with Gasteiger partial charge in [0.1, 0.15) is 6.61 Å². The minimum absolute atomic E-state index is 0.0126. The van der Waals surface area contributed by atoms with Crippen molar-refractivity contribution in [2.45, 2.75) is 82.5 Å². The van der Waals surface area contributed by atoms with Crippen LogP contribution >= 0.6 is 0 Å². The molecule has 0 bridgehead atoms. The molecule has 3 N–H and O–H groups in total. The summed E-state index contributed by atoms with van der Waals surface area (Å²) < 4.78 is 57.1. The maximum absolute atomic E-state index is 14.4. The monoisotopic (exact) mass is 641 g/mol. The lowest BCUT2D eigenvalue weighted by molar-refractivity contribution is -0.201. The lowest BCUT2D eigenvalue weighted by Gasteiger charge is -2.59. The summed E-state index contributed by atoms with van der Waals surface area (Å²) in [5.74, 6) is -0.942. The lowest BCUT2D eigenvalue weighted by Crippen LogP contribution is -2.63. The maximum atomic E-state index is 14.4. The van der Waals surface area contributed by atoms with Gasteiger partial charge >= 0.3 is 6.18 Å². The Bertz CT molecular complexity index is 1610. The Morgan fingerprint density at radius 2 is 1.89 bits per heavy atom. The third kappa shape index (κ3) is 4.38. The Kier molecular flexibility index (Phi) is 7.34. The number of aromatic nitrogens is 1. The van der Waals surface area contributed by atoms with E-state index < -0.39 is 59.5 Å². The van der Waals surface area contributed by atoms with Crippen molar-refractivity contribution >= 4 is 11.6 Å². The fourth-order valence-corrected chi connectivity index (χ4v) is 9.90. The smallest absolute Gasteiger partial charge is 0.393 e. The van der Waals surface area contributed by atoms with Crippen LogP contribution in [0.5, 0.6) is 0 Å². The fourth-order valence-electron chi connectivity index (χ4n) is 9.90. The van der Waals surface area contributed by atoms with Crippen LogP contribution in [-0.4, -0.2) is 62.0 Å². The maximum Gasteiger partial charge on any atom is 0.413 e. The number of allylic oxidation sites excluding steroid dienone is 4. The van der Waals surface area contributed by atoms with Crippen molar-refractivity contribution in [3.05, 3.63) is 83.2 Å². The number of Topliss-reactive ketones (excluding diaryl/α,β-unsaturated/α-hetero) is 1. The first-order valence-electron chi connectivity index (χ1n) is 15.8. The molecule has 1 aliphatic heterocycles. The number of aliphatic hydroxyl groups is 3. The van der Waals surface area contributed by atoms with Gasteiger partial charge in [-0.1, -0.05) is 49.8 Å². The van der Waals surface area contributed by atoms with Gasteiger partial charge in [-0.15, -0.1) is 0 Å². The molecule has 0 radical (unpaired) electrons. The highest BCUT2D eigenvalue weighted by Gasteiger charge is 2.76. The van der Waals surface area contributed by atoms with E-state index in [1.807, 2.05) is 13.0 Å². The van der Waals surface area contributed by atoms with Crippen molar-refractivity contribution in [3.8, 4) is 0 Å². The molecule has 11 heteroatoms. The van der Waals surface area contributed by atoms with Crippen LogP contribution in [0.1, 0.15) is 68.6 Å². The van der Waals surface area contributed by atoms with Gasteiger partial charge in [-0.3, -0.25) is 9.59 Å². The number of benzene rings is 1. The van der Waals surface area contributed by atoms with Gasteiger partial charge in [-0.2, -0.15) is 13.2 Å². The Morgan fingerprint density at radius 1 is 1.15 bits per heavy atom. The molecule has 1 aromatic heterocycles. The Hall–Kier alpha value is -3.09. The zero-order chi connectivity index (χ0) is 32.8. The highest BCUT2D eigenvalue weighted by atomic mass is 19.4. The molecule has 0 unspecified atom stereocenters. The van der Waals surface area contributed by atoms with Crippen LogP contribution in [0.25, 0.3) is 0 Å². The molecule has 8 nitrogen and oxygen atoms in total. The summed E-state index contributed by atoms with van der Waals surface area (Å²) in [5.41, 5.74) is -1.26. The average Bonchev–Trinajstić information content (AvgIpc) is 3.70. The van der Waals surface area contributed by atoms with Gasteiger partial charge in [0.05, 0.1) is 18.8 Å². The van der Waals surface area contributed by atoms with Crippen LogP contribution in [0, 0.1) is 28.6 Å². The van der Waals surface area contributed by atoms with Gasteiger partial charge in [0.2, 0.25) is 0 Å². The highest BCUT2D eigenvalue weighted by molar-refractivity contribution is 6.01. The minimum atomic E-state index is -4.64. The van der Waals surface area contributed by atoms with Gasteiger partial charge in [0.15, 0.2) is 29.5 Å². The van der Waals surface area contributed by atoms with E-state index in [9.17, 15) is 38.1 Å². The normalized spacial score (nSPS) is 38.9. The topological polar surface area (TPSA) is 118 Å². The van der Waals surface area contributed by atoms with E-state index in [1.54, 1.807) is 12.2 Å². The molecule has 3 saturated carbocycles. The largest absolute Gasteiger partial charge is 0.413 e. The van der Waals surface area contributed by atoms with E-state index in [0.717, 1.165) is 10.1 Å². The standard InChI is InChI=1S/C35H38F3NO7/c1-32-11-9-23(42)13-22(32)7-8-24-25-14-28-34(27(44)18-41,33(25,2)15-26(43)29(24)32)46-31(45-28)21-10-12-39(16-21)30(35(36,37)38)20-5-3-19(17-40)4-6-20/h3-6,9-13,16,24-26,28-31,40-41,43H,7-8,14-15,17-18H2,1-2H3/t24-,25-,26-,28+,29+,30-,31+,32-,33-,34+/m0/s1. The molecule has 0 amide bonds. The summed E-state index contributed by atoms with van der Waals surface area (Å²) in [7, 11) is 0. The molecule has 2 aromatic rings. The number of halogens is 3. The Labute approximate surface area is 264 Å². The number of alkyl halides is 3. The number of hydrogen-bond donors (Lipinski definition) is 3. The van der Waals surface area contributed by atoms with E-state index in [-0.39, 0.29) is 42.1 Å². The quantitative estimate of drug-likeness (QED) is 0.417. The van der Waals surface area contributed by atoms with Crippen molar-refractivity contribution in [1.29, 1.82) is 0 Å². The van der Waals surface area contributed by atoms with Gasteiger partial charge in [-0.25, -0.2) is 0 Å². The summed E-state index contributed by atoms with van der Waals surface area (Å²) in [5, 5.41) is 31.3. The molecule has 2 heterocycles. The van der Waals surface area contributed by atoms with Crippen molar-refractivity contribution in [3.63, 3.8) is 0 Å². The fraction of sp³-hybridized carbons (Fsp3) is 0.543. The summed E-state index contributed by atoms with van der Waals surface area (Å²) in [6, 6.07) is 5.02. The highest BCUT2D eigenvalue weighted by Crippen LogP contribution is 2.70.